The third-order valence-electron chi connectivity index (χ3n) is 6.70. The van der Waals surface area contributed by atoms with Gasteiger partial charge in [0.05, 0.1) is 12.5 Å². The summed E-state index contributed by atoms with van der Waals surface area (Å²) in [4.78, 5) is 17.8. The van der Waals surface area contributed by atoms with E-state index in [1.807, 2.05) is 30.1 Å². The average Bonchev–Trinajstić information content (AvgIpc) is 3.27. The van der Waals surface area contributed by atoms with E-state index in [4.69, 9.17) is 0 Å². The number of fused-ring (bicyclic) bond motifs is 1. The Balaban J connectivity index is 1.42. The zero-order chi connectivity index (χ0) is 19.3. The van der Waals surface area contributed by atoms with Crippen molar-refractivity contribution in [2.24, 2.45) is 5.92 Å². The largest absolute Gasteiger partial charge is 0.346 e. The molecule has 3 atom stereocenters. The molecule has 0 bridgehead atoms. The van der Waals surface area contributed by atoms with Crippen molar-refractivity contribution in [3.8, 4) is 0 Å². The fourth-order valence-electron chi connectivity index (χ4n) is 5.19. The van der Waals surface area contributed by atoms with Gasteiger partial charge in [0.2, 0.25) is 5.91 Å². The Morgan fingerprint density at radius 3 is 2.57 bits per heavy atom. The van der Waals surface area contributed by atoms with Gasteiger partial charge in [-0.2, -0.15) is 0 Å². The summed E-state index contributed by atoms with van der Waals surface area (Å²) in [7, 11) is 2.00. The number of amides is 1. The van der Waals surface area contributed by atoms with Crippen LogP contribution in [0.15, 0.2) is 54.9 Å². The van der Waals surface area contributed by atoms with Gasteiger partial charge < -0.3 is 14.4 Å². The molecular weight excluding hydrogens is 346 g/mol. The molecule has 0 radical (unpaired) electrons. The van der Waals surface area contributed by atoms with Crippen LogP contribution < -0.4 is 0 Å². The molecule has 4 nitrogen and oxygen atoms in total. The topological polar surface area (TPSA) is 28.5 Å². The van der Waals surface area contributed by atoms with Crippen molar-refractivity contribution in [1.82, 2.24) is 14.4 Å². The first-order valence-corrected chi connectivity index (χ1v) is 10.9. The number of hydrogen-bond acceptors (Lipinski definition) is 2. The highest BCUT2D eigenvalue weighted by Gasteiger charge is 2.34. The van der Waals surface area contributed by atoms with Gasteiger partial charge >= 0.3 is 0 Å². The van der Waals surface area contributed by atoms with Crippen LogP contribution in [-0.4, -0.2) is 53.0 Å². The van der Waals surface area contributed by atoms with E-state index < -0.39 is 0 Å². The Bertz CT molecular complexity index is 740. The van der Waals surface area contributed by atoms with E-state index in [1.165, 1.54) is 50.8 Å². The molecule has 3 heterocycles. The summed E-state index contributed by atoms with van der Waals surface area (Å²) >= 11 is 0. The van der Waals surface area contributed by atoms with E-state index >= 15 is 0 Å². The minimum atomic E-state index is 0.0590. The van der Waals surface area contributed by atoms with E-state index in [9.17, 15) is 4.79 Å². The average molecular weight is 380 g/mol. The number of hydrogen-bond donors (Lipinski definition) is 0. The second-order valence-electron chi connectivity index (χ2n) is 8.54. The summed E-state index contributed by atoms with van der Waals surface area (Å²) in [6.45, 7) is 3.40. The Labute approximate surface area is 169 Å². The molecule has 0 spiro atoms. The second-order valence-corrected chi connectivity index (χ2v) is 8.54. The number of carbonyl (C=O) groups excluding carboxylic acids is 1. The molecule has 0 saturated carbocycles. The Kier molecular flexibility index (Phi) is 6.16. The Hall–Kier alpha value is -2.07. The van der Waals surface area contributed by atoms with Crippen molar-refractivity contribution in [3.05, 3.63) is 60.4 Å². The number of rotatable bonds is 6. The molecule has 28 heavy (non-hydrogen) atoms. The van der Waals surface area contributed by atoms with Crippen LogP contribution in [0.25, 0.3) is 0 Å². The highest BCUT2D eigenvalue weighted by atomic mass is 16.2. The smallest absolute Gasteiger partial charge is 0.224 e. The molecule has 4 rings (SSSR count). The molecule has 0 N–H and O–H groups in total. The minimum Gasteiger partial charge on any atom is -0.346 e. The first kappa shape index (κ1) is 19.3. The van der Waals surface area contributed by atoms with Crippen molar-refractivity contribution in [1.29, 1.82) is 0 Å². The first-order chi connectivity index (χ1) is 13.7. The lowest BCUT2D eigenvalue weighted by molar-refractivity contribution is -0.131. The summed E-state index contributed by atoms with van der Waals surface area (Å²) in [6.07, 6.45) is 11.2. The Morgan fingerprint density at radius 2 is 1.79 bits per heavy atom. The lowest BCUT2D eigenvalue weighted by Crippen LogP contribution is -2.51. The number of carbonyl (C=O) groups is 1. The molecule has 2 aliphatic rings. The third-order valence-corrected chi connectivity index (χ3v) is 6.70. The van der Waals surface area contributed by atoms with Crippen LogP contribution in [0, 0.1) is 5.92 Å². The maximum Gasteiger partial charge on any atom is 0.224 e. The highest BCUT2D eigenvalue weighted by molar-refractivity contribution is 5.76. The van der Waals surface area contributed by atoms with E-state index in [-0.39, 0.29) is 11.9 Å². The summed E-state index contributed by atoms with van der Waals surface area (Å²) in [5.74, 6) is 0.875. The van der Waals surface area contributed by atoms with Crippen molar-refractivity contribution < 1.29 is 4.79 Å². The van der Waals surface area contributed by atoms with Crippen molar-refractivity contribution in [2.75, 3.05) is 26.7 Å². The van der Waals surface area contributed by atoms with Gasteiger partial charge in [-0.1, -0.05) is 36.8 Å². The van der Waals surface area contributed by atoms with Crippen LogP contribution in [0.5, 0.6) is 0 Å². The zero-order valence-electron chi connectivity index (χ0n) is 17.0. The molecule has 1 aromatic carbocycles. The van der Waals surface area contributed by atoms with E-state index in [1.54, 1.807) is 0 Å². The van der Waals surface area contributed by atoms with Crippen molar-refractivity contribution in [3.63, 3.8) is 0 Å². The second kappa shape index (κ2) is 8.95. The summed E-state index contributed by atoms with van der Waals surface area (Å²) in [5, 5.41) is 0. The molecule has 2 aliphatic heterocycles. The predicted molar refractivity (Wildman–Crippen MR) is 113 cm³/mol. The normalized spacial score (nSPS) is 23.8. The van der Waals surface area contributed by atoms with E-state index in [0.717, 1.165) is 6.54 Å². The van der Waals surface area contributed by atoms with Crippen LogP contribution in [0.3, 0.4) is 0 Å². The molecule has 0 aliphatic carbocycles. The van der Waals surface area contributed by atoms with Gasteiger partial charge in [0.25, 0.3) is 0 Å². The minimum absolute atomic E-state index is 0.0590. The molecule has 1 aromatic heterocycles. The SMILES string of the molecule is CN(C[C@@H]1CCCN2CCCC[C@H]12)C(=O)C[C@@H](c1ccccc1)n1cccc1. The van der Waals surface area contributed by atoms with Gasteiger partial charge in [-0.3, -0.25) is 4.79 Å². The highest BCUT2D eigenvalue weighted by Crippen LogP contribution is 2.31. The standard InChI is InChI=1S/C24H33N3O/c1-25(19-21-12-9-17-26-14-6-5-13-22(21)26)24(28)18-23(27-15-7-8-16-27)20-10-3-2-4-11-20/h2-4,7-8,10-11,15-16,21-23H,5-6,9,12-14,17-19H2,1H3/t21-,22+,23-/m0/s1. The van der Waals surface area contributed by atoms with Crippen LogP contribution in [0.4, 0.5) is 0 Å². The molecule has 150 valence electrons. The lowest BCUT2D eigenvalue weighted by Gasteiger charge is -2.45. The number of nitrogens with zero attached hydrogens (tertiary/aromatic N) is 3. The maximum absolute atomic E-state index is 13.2. The van der Waals surface area contributed by atoms with Gasteiger partial charge in [0, 0.05) is 32.0 Å². The quantitative estimate of drug-likeness (QED) is 0.753. The lowest BCUT2D eigenvalue weighted by atomic mass is 9.83. The Morgan fingerprint density at radius 1 is 1.04 bits per heavy atom. The maximum atomic E-state index is 13.2. The first-order valence-electron chi connectivity index (χ1n) is 10.9. The third kappa shape index (κ3) is 4.33. The number of aromatic nitrogens is 1. The number of piperidine rings is 2. The molecule has 2 saturated heterocycles. The van der Waals surface area contributed by atoms with Crippen LogP contribution in [0.1, 0.15) is 50.1 Å². The summed E-state index contributed by atoms with van der Waals surface area (Å²) in [6, 6.07) is 15.2. The van der Waals surface area contributed by atoms with E-state index in [0.29, 0.717) is 18.4 Å². The fraction of sp³-hybridized carbons (Fsp3) is 0.542. The van der Waals surface area contributed by atoms with Crippen molar-refractivity contribution in [2.45, 2.75) is 50.6 Å². The summed E-state index contributed by atoms with van der Waals surface area (Å²) < 4.78 is 2.16. The summed E-state index contributed by atoms with van der Waals surface area (Å²) in [5.41, 5.74) is 1.19. The molecule has 0 unspecified atom stereocenters. The van der Waals surface area contributed by atoms with Gasteiger partial charge in [-0.05, 0) is 62.4 Å². The molecule has 2 aromatic rings. The molecule has 1 amide bonds. The van der Waals surface area contributed by atoms with Gasteiger partial charge in [0.1, 0.15) is 0 Å². The predicted octanol–water partition coefficient (Wildman–Crippen LogP) is 4.19. The van der Waals surface area contributed by atoms with Gasteiger partial charge in [0.15, 0.2) is 0 Å². The van der Waals surface area contributed by atoms with Crippen LogP contribution >= 0.6 is 0 Å². The van der Waals surface area contributed by atoms with E-state index in [2.05, 4.69) is 46.1 Å². The van der Waals surface area contributed by atoms with Gasteiger partial charge in [-0.25, -0.2) is 0 Å². The van der Waals surface area contributed by atoms with Crippen LogP contribution in [0.2, 0.25) is 0 Å². The van der Waals surface area contributed by atoms with Gasteiger partial charge in [-0.15, -0.1) is 0 Å². The zero-order valence-corrected chi connectivity index (χ0v) is 17.0. The monoisotopic (exact) mass is 379 g/mol. The van der Waals surface area contributed by atoms with Crippen LogP contribution in [-0.2, 0) is 4.79 Å². The molecular formula is C24H33N3O. The number of benzene rings is 1. The fourth-order valence-corrected chi connectivity index (χ4v) is 5.19. The molecule has 4 heteroatoms. The van der Waals surface area contributed by atoms with Crippen molar-refractivity contribution >= 4 is 5.91 Å². The molecule has 2 fully saturated rings.